The standard InChI is InChI=1S/C17H29NS/c1-7-17(8-2,19-6)12-18-15(5)16-10-9-13(3)14(4)11-16/h9-11,15,18H,7-8,12H2,1-6H3. The van der Waals surface area contributed by atoms with E-state index in [9.17, 15) is 0 Å². The van der Waals surface area contributed by atoms with E-state index in [2.05, 4.69) is 64.4 Å². The van der Waals surface area contributed by atoms with Gasteiger partial charge in [0, 0.05) is 17.3 Å². The molecule has 1 aromatic carbocycles. The van der Waals surface area contributed by atoms with E-state index in [1.807, 2.05) is 11.8 Å². The average molecular weight is 279 g/mol. The van der Waals surface area contributed by atoms with E-state index >= 15 is 0 Å². The number of rotatable bonds is 7. The second kappa shape index (κ2) is 7.35. The molecule has 0 amide bonds. The first-order valence-corrected chi connectivity index (χ1v) is 8.56. The van der Waals surface area contributed by atoms with Gasteiger partial charge in [-0.15, -0.1) is 0 Å². The van der Waals surface area contributed by atoms with Crippen molar-refractivity contribution in [3.63, 3.8) is 0 Å². The summed E-state index contributed by atoms with van der Waals surface area (Å²) in [5, 5.41) is 3.72. The minimum absolute atomic E-state index is 0.383. The monoisotopic (exact) mass is 279 g/mol. The van der Waals surface area contributed by atoms with Crippen molar-refractivity contribution in [2.45, 2.75) is 58.2 Å². The van der Waals surface area contributed by atoms with Crippen LogP contribution < -0.4 is 5.32 Å². The number of benzene rings is 1. The smallest absolute Gasteiger partial charge is 0.0292 e. The largest absolute Gasteiger partial charge is 0.309 e. The molecule has 0 spiro atoms. The zero-order valence-corrected chi connectivity index (χ0v) is 14.2. The third-order valence-electron chi connectivity index (χ3n) is 4.48. The Bertz CT molecular complexity index is 388. The van der Waals surface area contributed by atoms with E-state index in [1.165, 1.54) is 29.5 Å². The molecule has 0 bridgehead atoms. The fraction of sp³-hybridized carbons (Fsp3) is 0.647. The SMILES string of the molecule is CCC(CC)(CNC(C)c1ccc(C)c(C)c1)SC. The first kappa shape index (κ1) is 16.6. The van der Waals surface area contributed by atoms with Crippen LogP contribution >= 0.6 is 11.8 Å². The lowest BCUT2D eigenvalue weighted by Crippen LogP contribution is -2.37. The maximum absolute atomic E-state index is 3.72. The summed E-state index contributed by atoms with van der Waals surface area (Å²) in [7, 11) is 0. The van der Waals surface area contributed by atoms with Crippen LogP contribution in [0, 0.1) is 13.8 Å². The molecular weight excluding hydrogens is 250 g/mol. The molecule has 0 aromatic heterocycles. The molecule has 0 saturated carbocycles. The molecule has 108 valence electrons. The highest BCUT2D eigenvalue weighted by atomic mass is 32.2. The summed E-state index contributed by atoms with van der Waals surface area (Å²) in [5.41, 5.74) is 4.15. The predicted molar refractivity (Wildman–Crippen MR) is 89.2 cm³/mol. The molecule has 0 saturated heterocycles. The van der Waals surface area contributed by atoms with E-state index in [0.717, 1.165) is 6.54 Å². The number of thioether (sulfide) groups is 1. The van der Waals surface area contributed by atoms with Crippen LogP contribution in [0.1, 0.15) is 56.3 Å². The van der Waals surface area contributed by atoms with Gasteiger partial charge in [-0.3, -0.25) is 0 Å². The van der Waals surface area contributed by atoms with Crippen LogP contribution in [0.25, 0.3) is 0 Å². The van der Waals surface area contributed by atoms with Crippen LogP contribution in [0.4, 0.5) is 0 Å². The van der Waals surface area contributed by atoms with Gasteiger partial charge in [-0.1, -0.05) is 32.0 Å². The molecule has 1 aromatic rings. The normalized spacial score (nSPS) is 13.6. The van der Waals surface area contributed by atoms with Gasteiger partial charge in [0.1, 0.15) is 0 Å². The van der Waals surface area contributed by atoms with E-state index in [4.69, 9.17) is 0 Å². The zero-order valence-electron chi connectivity index (χ0n) is 13.3. The van der Waals surface area contributed by atoms with E-state index in [1.54, 1.807) is 0 Å². The van der Waals surface area contributed by atoms with Crippen molar-refractivity contribution in [1.82, 2.24) is 5.32 Å². The van der Waals surface area contributed by atoms with Crippen LogP contribution in [0.5, 0.6) is 0 Å². The Morgan fingerprint density at radius 3 is 2.26 bits per heavy atom. The summed E-state index contributed by atoms with van der Waals surface area (Å²) in [6, 6.07) is 7.21. The fourth-order valence-corrected chi connectivity index (χ4v) is 3.16. The highest BCUT2D eigenvalue weighted by Crippen LogP contribution is 2.30. The van der Waals surface area contributed by atoms with Gasteiger partial charge in [0.25, 0.3) is 0 Å². The molecule has 0 aliphatic carbocycles. The number of nitrogens with one attached hydrogen (secondary N) is 1. The van der Waals surface area contributed by atoms with E-state index in [-0.39, 0.29) is 0 Å². The van der Waals surface area contributed by atoms with Gasteiger partial charge in [0.05, 0.1) is 0 Å². The minimum Gasteiger partial charge on any atom is -0.309 e. The topological polar surface area (TPSA) is 12.0 Å². The molecule has 1 rings (SSSR count). The summed E-state index contributed by atoms with van der Waals surface area (Å²) in [6.07, 6.45) is 4.67. The Kier molecular flexibility index (Phi) is 6.41. The molecule has 0 heterocycles. The van der Waals surface area contributed by atoms with Crippen LogP contribution in [0.3, 0.4) is 0 Å². The maximum Gasteiger partial charge on any atom is 0.0292 e. The maximum atomic E-state index is 3.72. The van der Waals surface area contributed by atoms with Crippen molar-refractivity contribution in [2.75, 3.05) is 12.8 Å². The summed E-state index contributed by atoms with van der Waals surface area (Å²) in [6.45, 7) is 12.3. The summed E-state index contributed by atoms with van der Waals surface area (Å²) in [4.78, 5) is 0. The minimum atomic E-state index is 0.383. The highest BCUT2D eigenvalue weighted by molar-refractivity contribution is 8.00. The van der Waals surface area contributed by atoms with Crippen molar-refractivity contribution in [3.05, 3.63) is 34.9 Å². The van der Waals surface area contributed by atoms with Gasteiger partial charge < -0.3 is 5.32 Å². The van der Waals surface area contributed by atoms with Crippen LogP contribution in [0.15, 0.2) is 18.2 Å². The molecule has 2 heteroatoms. The lowest BCUT2D eigenvalue weighted by Gasteiger charge is -2.31. The quantitative estimate of drug-likeness (QED) is 0.763. The molecule has 0 aliphatic heterocycles. The van der Waals surface area contributed by atoms with Gasteiger partial charge in [-0.05, 0) is 56.6 Å². The predicted octanol–water partition coefficient (Wildman–Crippen LogP) is 4.88. The Labute approximate surface area is 123 Å². The lowest BCUT2D eigenvalue weighted by molar-refractivity contribution is 0.459. The van der Waals surface area contributed by atoms with Crippen molar-refractivity contribution in [2.24, 2.45) is 0 Å². The Hall–Kier alpha value is -0.470. The van der Waals surface area contributed by atoms with Gasteiger partial charge in [0.15, 0.2) is 0 Å². The fourth-order valence-electron chi connectivity index (χ4n) is 2.35. The third kappa shape index (κ3) is 4.25. The zero-order chi connectivity index (χ0) is 14.5. The lowest BCUT2D eigenvalue weighted by atomic mass is 9.99. The van der Waals surface area contributed by atoms with Crippen LogP contribution in [-0.2, 0) is 0 Å². The Morgan fingerprint density at radius 1 is 1.16 bits per heavy atom. The van der Waals surface area contributed by atoms with Gasteiger partial charge in [0.2, 0.25) is 0 Å². The molecule has 1 atom stereocenters. The third-order valence-corrected chi connectivity index (χ3v) is 6.07. The second-order valence-electron chi connectivity index (χ2n) is 5.54. The molecule has 0 fully saturated rings. The van der Waals surface area contributed by atoms with Gasteiger partial charge >= 0.3 is 0 Å². The van der Waals surface area contributed by atoms with Gasteiger partial charge in [-0.2, -0.15) is 11.8 Å². The highest BCUT2D eigenvalue weighted by Gasteiger charge is 2.25. The average Bonchev–Trinajstić information content (AvgIpc) is 2.43. The molecule has 1 unspecified atom stereocenters. The Morgan fingerprint density at radius 2 is 1.79 bits per heavy atom. The van der Waals surface area contributed by atoms with Gasteiger partial charge in [-0.25, -0.2) is 0 Å². The number of hydrogen-bond acceptors (Lipinski definition) is 2. The van der Waals surface area contributed by atoms with Crippen molar-refractivity contribution in [1.29, 1.82) is 0 Å². The number of hydrogen-bond donors (Lipinski definition) is 1. The van der Waals surface area contributed by atoms with E-state index in [0.29, 0.717) is 10.8 Å². The first-order valence-electron chi connectivity index (χ1n) is 7.33. The first-order chi connectivity index (χ1) is 8.98. The van der Waals surface area contributed by atoms with Crippen molar-refractivity contribution >= 4 is 11.8 Å². The molecule has 1 nitrogen and oxygen atoms in total. The molecular formula is C17H29NS. The molecule has 0 aliphatic rings. The summed E-state index contributed by atoms with van der Waals surface area (Å²) in [5.74, 6) is 0. The molecule has 0 radical (unpaired) electrons. The van der Waals surface area contributed by atoms with Crippen LogP contribution in [0.2, 0.25) is 0 Å². The Balaban J connectivity index is 2.69. The van der Waals surface area contributed by atoms with Crippen molar-refractivity contribution in [3.8, 4) is 0 Å². The molecule has 1 N–H and O–H groups in total. The van der Waals surface area contributed by atoms with Crippen molar-refractivity contribution < 1.29 is 0 Å². The summed E-state index contributed by atoms with van der Waals surface area (Å²) >= 11 is 2.00. The second-order valence-corrected chi connectivity index (χ2v) is 6.81. The number of aryl methyl sites for hydroxylation is 2. The molecule has 19 heavy (non-hydrogen) atoms. The summed E-state index contributed by atoms with van der Waals surface area (Å²) < 4.78 is 0.383. The van der Waals surface area contributed by atoms with E-state index < -0.39 is 0 Å². The van der Waals surface area contributed by atoms with Crippen LogP contribution in [-0.4, -0.2) is 17.5 Å².